The van der Waals surface area contributed by atoms with E-state index in [1.165, 1.54) is 12.1 Å². The van der Waals surface area contributed by atoms with E-state index in [0.29, 0.717) is 31.5 Å². The number of amidine groups is 1. The molecule has 1 amide bonds. The van der Waals surface area contributed by atoms with Crippen LogP contribution in [0.4, 0.5) is 10.1 Å². The minimum atomic E-state index is -1.05. The number of anilines is 1. The van der Waals surface area contributed by atoms with Crippen molar-refractivity contribution in [3.63, 3.8) is 0 Å². The molecule has 0 saturated heterocycles. The van der Waals surface area contributed by atoms with Crippen molar-refractivity contribution in [3.8, 4) is 0 Å². The Hall–Kier alpha value is -2.11. The lowest BCUT2D eigenvalue weighted by Crippen LogP contribution is -2.50. The number of oxime groups is 1. The van der Waals surface area contributed by atoms with Crippen molar-refractivity contribution >= 4 is 17.4 Å². The van der Waals surface area contributed by atoms with Crippen molar-refractivity contribution in [2.24, 2.45) is 16.3 Å². The van der Waals surface area contributed by atoms with Crippen molar-refractivity contribution in [1.29, 1.82) is 0 Å². The summed E-state index contributed by atoms with van der Waals surface area (Å²) in [4.78, 5) is 14.5. The van der Waals surface area contributed by atoms with Gasteiger partial charge in [-0.15, -0.1) is 0 Å². The highest BCUT2D eigenvalue weighted by molar-refractivity contribution is 6.13. The van der Waals surface area contributed by atoms with Crippen LogP contribution in [-0.2, 0) is 11.2 Å². The van der Waals surface area contributed by atoms with E-state index in [1.54, 1.807) is 11.0 Å². The maximum atomic E-state index is 13.5. The predicted molar refractivity (Wildman–Crippen MR) is 78.9 cm³/mol. The molecule has 1 aromatic rings. The number of benzene rings is 1. The highest BCUT2D eigenvalue weighted by atomic mass is 19.1. The molecule has 1 aromatic carbocycles. The third-order valence-corrected chi connectivity index (χ3v) is 4.40. The number of carbonyl (C=O) groups excluding carboxylic acids is 1. The Morgan fingerprint density at radius 2 is 2.14 bits per heavy atom. The summed E-state index contributed by atoms with van der Waals surface area (Å²) in [6, 6.07) is 4.45. The molecule has 6 heteroatoms. The molecule has 0 aromatic heterocycles. The van der Waals surface area contributed by atoms with E-state index in [-0.39, 0.29) is 17.6 Å². The Morgan fingerprint density at radius 3 is 2.71 bits per heavy atom. The average Bonchev–Trinajstić information content (AvgIpc) is 2.91. The second-order valence-electron chi connectivity index (χ2n) is 5.25. The van der Waals surface area contributed by atoms with Gasteiger partial charge in [0.15, 0.2) is 5.84 Å². The molecular formula is C15H20FN3O2. The fourth-order valence-corrected chi connectivity index (χ4v) is 2.94. The number of nitrogens with two attached hydrogens (primary N) is 1. The fourth-order valence-electron chi connectivity index (χ4n) is 2.94. The molecule has 0 unspecified atom stereocenters. The number of hydrogen-bond acceptors (Lipinski definition) is 3. The molecule has 0 fully saturated rings. The van der Waals surface area contributed by atoms with Crippen LogP contribution >= 0.6 is 0 Å². The molecule has 0 bridgehead atoms. The number of nitrogens with zero attached hydrogens (tertiary/aromatic N) is 2. The largest absolute Gasteiger partial charge is 0.409 e. The van der Waals surface area contributed by atoms with Gasteiger partial charge < -0.3 is 15.8 Å². The standard InChI is InChI=1S/C15H20FN3O2/c1-3-15(4-2,13(17)18-21)14(20)19-8-7-10-5-6-11(16)9-12(10)19/h5-6,9,21H,3-4,7-8H2,1-2H3,(H2,17,18). The number of halogens is 1. The molecule has 0 saturated carbocycles. The highest BCUT2D eigenvalue weighted by Gasteiger charge is 2.44. The van der Waals surface area contributed by atoms with Gasteiger partial charge in [-0.05, 0) is 37.0 Å². The van der Waals surface area contributed by atoms with Gasteiger partial charge in [-0.1, -0.05) is 25.1 Å². The lowest BCUT2D eigenvalue weighted by molar-refractivity contribution is -0.125. The zero-order valence-electron chi connectivity index (χ0n) is 12.3. The minimum Gasteiger partial charge on any atom is -0.409 e. The third-order valence-electron chi connectivity index (χ3n) is 4.40. The minimum absolute atomic E-state index is 0.0950. The summed E-state index contributed by atoms with van der Waals surface area (Å²) in [7, 11) is 0. The van der Waals surface area contributed by atoms with Gasteiger partial charge in [0.1, 0.15) is 11.2 Å². The molecule has 0 radical (unpaired) electrons. The summed E-state index contributed by atoms with van der Waals surface area (Å²) < 4.78 is 13.5. The molecule has 1 aliphatic rings. The van der Waals surface area contributed by atoms with Crippen LogP contribution in [0.1, 0.15) is 32.3 Å². The van der Waals surface area contributed by atoms with Gasteiger partial charge in [0.25, 0.3) is 0 Å². The SMILES string of the molecule is CCC(CC)(C(=O)N1CCc2ccc(F)cc21)/C(N)=N/O. The number of hydrogen-bond donors (Lipinski definition) is 2. The molecule has 1 heterocycles. The van der Waals surface area contributed by atoms with Crippen LogP contribution < -0.4 is 10.6 Å². The highest BCUT2D eigenvalue weighted by Crippen LogP contribution is 2.36. The maximum absolute atomic E-state index is 13.5. The van der Waals surface area contributed by atoms with Gasteiger partial charge >= 0.3 is 0 Å². The summed E-state index contributed by atoms with van der Waals surface area (Å²) >= 11 is 0. The van der Waals surface area contributed by atoms with Crippen LogP contribution in [0.5, 0.6) is 0 Å². The Kier molecular flexibility index (Phi) is 4.16. The van der Waals surface area contributed by atoms with Crippen LogP contribution in [0, 0.1) is 11.2 Å². The first-order chi connectivity index (χ1) is 10.00. The van der Waals surface area contributed by atoms with Crippen LogP contribution in [0.2, 0.25) is 0 Å². The zero-order valence-corrected chi connectivity index (χ0v) is 12.3. The topological polar surface area (TPSA) is 78.9 Å². The van der Waals surface area contributed by atoms with Gasteiger partial charge in [-0.2, -0.15) is 0 Å². The Bertz CT molecular complexity index is 582. The predicted octanol–water partition coefficient (Wildman–Crippen LogP) is 2.27. The third kappa shape index (κ3) is 2.34. The van der Waals surface area contributed by atoms with Crippen LogP contribution in [0.3, 0.4) is 0 Å². The first-order valence-corrected chi connectivity index (χ1v) is 7.08. The molecule has 3 N–H and O–H groups in total. The smallest absolute Gasteiger partial charge is 0.240 e. The lowest BCUT2D eigenvalue weighted by atomic mass is 9.79. The Balaban J connectivity index is 2.44. The normalized spacial score (nSPS) is 15.2. The van der Waals surface area contributed by atoms with Gasteiger partial charge in [0.2, 0.25) is 5.91 Å². The summed E-state index contributed by atoms with van der Waals surface area (Å²) in [5, 5.41) is 12.0. The molecule has 0 spiro atoms. The summed E-state index contributed by atoms with van der Waals surface area (Å²) in [5.41, 5.74) is 6.23. The number of rotatable bonds is 4. The van der Waals surface area contributed by atoms with Gasteiger partial charge in [0.05, 0.1) is 0 Å². The van der Waals surface area contributed by atoms with Crippen molar-refractivity contribution in [3.05, 3.63) is 29.6 Å². The fraction of sp³-hybridized carbons (Fsp3) is 0.467. The second kappa shape index (κ2) is 5.71. The van der Waals surface area contributed by atoms with E-state index in [9.17, 15) is 9.18 Å². The van der Waals surface area contributed by atoms with Crippen LogP contribution in [0.15, 0.2) is 23.4 Å². The number of amides is 1. The van der Waals surface area contributed by atoms with Crippen LogP contribution in [-0.4, -0.2) is 23.5 Å². The van der Waals surface area contributed by atoms with E-state index < -0.39 is 5.41 Å². The van der Waals surface area contributed by atoms with E-state index in [0.717, 1.165) is 5.56 Å². The summed E-state index contributed by atoms with van der Waals surface area (Å²) in [6.07, 6.45) is 1.51. The molecule has 1 aliphatic heterocycles. The van der Waals surface area contributed by atoms with Gasteiger partial charge in [0, 0.05) is 12.2 Å². The molecular weight excluding hydrogens is 273 g/mol. The first kappa shape index (κ1) is 15.3. The van der Waals surface area contributed by atoms with Gasteiger partial charge in [-0.25, -0.2) is 4.39 Å². The number of fused-ring (bicyclic) bond motifs is 1. The molecule has 0 atom stereocenters. The van der Waals surface area contributed by atoms with E-state index in [4.69, 9.17) is 10.9 Å². The quantitative estimate of drug-likeness (QED) is 0.387. The van der Waals surface area contributed by atoms with Crippen molar-refractivity contribution < 1.29 is 14.4 Å². The van der Waals surface area contributed by atoms with Crippen LogP contribution in [0.25, 0.3) is 0 Å². The van der Waals surface area contributed by atoms with E-state index >= 15 is 0 Å². The second-order valence-corrected chi connectivity index (χ2v) is 5.25. The maximum Gasteiger partial charge on any atom is 0.240 e. The van der Waals surface area contributed by atoms with Gasteiger partial charge in [-0.3, -0.25) is 4.79 Å². The Morgan fingerprint density at radius 1 is 1.48 bits per heavy atom. The summed E-state index contributed by atoms with van der Waals surface area (Å²) in [6.45, 7) is 4.13. The molecule has 114 valence electrons. The Labute approximate surface area is 123 Å². The van der Waals surface area contributed by atoms with E-state index in [1.807, 2.05) is 13.8 Å². The number of carbonyl (C=O) groups is 1. The first-order valence-electron chi connectivity index (χ1n) is 7.08. The van der Waals surface area contributed by atoms with Crippen molar-refractivity contribution in [2.45, 2.75) is 33.1 Å². The van der Waals surface area contributed by atoms with Crippen molar-refractivity contribution in [1.82, 2.24) is 0 Å². The molecule has 5 nitrogen and oxygen atoms in total. The zero-order chi connectivity index (χ0) is 15.6. The monoisotopic (exact) mass is 293 g/mol. The molecule has 0 aliphatic carbocycles. The lowest BCUT2D eigenvalue weighted by Gasteiger charge is -2.33. The van der Waals surface area contributed by atoms with Crippen molar-refractivity contribution in [2.75, 3.05) is 11.4 Å². The molecule has 2 rings (SSSR count). The molecule has 21 heavy (non-hydrogen) atoms. The van der Waals surface area contributed by atoms with E-state index in [2.05, 4.69) is 5.16 Å². The summed E-state index contributed by atoms with van der Waals surface area (Å²) in [5.74, 6) is -0.717. The average molecular weight is 293 g/mol.